The lowest BCUT2D eigenvalue weighted by Crippen LogP contribution is -2.46. The zero-order valence-electron chi connectivity index (χ0n) is 12.4. The third-order valence-corrected chi connectivity index (χ3v) is 2.76. The Bertz CT molecular complexity index is 456. The highest BCUT2D eigenvalue weighted by atomic mass is 16.5. The van der Waals surface area contributed by atoms with Crippen molar-refractivity contribution in [3.05, 3.63) is 0 Å². The Kier molecular flexibility index (Phi) is 8.77. The minimum absolute atomic E-state index is 0.0293. The van der Waals surface area contributed by atoms with Gasteiger partial charge in [-0.25, -0.2) is 4.79 Å². The molecule has 23 heavy (non-hydrogen) atoms. The van der Waals surface area contributed by atoms with Crippen molar-refractivity contribution in [1.29, 1.82) is 0 Å². The van der Waals surface area contributed by atoms with Gasteiger partial charge in [0.05, 0.1) is 12.8 Å². The number of carbonyl (C=O) groups is 4. The van der Waals surface area contributed by atoms with E-state index in [4.69, 9.17) is 21.7 Å². The molecule has 1 amide bonds. The molecular weight excluding hydrogens is 314 g/mol. The lowest BCUT2D eigenvalue weighted by molar-refractivity contribution is -0.169. The Balaban J connectivity index is 4.50. The minimum Gasteiger partial charge on any atom is -0.480 e. The zero-order valence-corrected chi connectivity index (χ0v) is 12.4. The molecule has 0 rings (SSSR count). The molecule has 0 aliphatic rings. The predicted molar refractivity (Wildman–Crippen MR) is 75.1 cm³/mol. The normalized spacial score (nSPS) is 14.4. The second kappa shape index (κ2) is 9.71. The number of ether oxygens (including phenoxy) is 1. The van der Waals surface area contributed by atoms with Crippen LogP contribution in [-0.4, -0.2) is 70.5 Å². The molecule has 0 saturated carbocycles. The van der Waals surface area contributed by atoms with Gasteiger partial charge < -0.3 is 36.8 Å². The molecule has 0 spiro atoms. The number of esters is 1. The molecule has 0 bridgehead atoms. The average molecular weight is 335 g/mol. The number of hydrogen-bond donors (Lipinski definition) is 6. The van der Waals surface area contributed by atoms with E-state index in [1.807, 2.05) is 0 Å². The van der Waals surface area contributed by atoms with Gasteiger partial charge in [-0.1, -0.05) is 0 Å². The van der Waals surface area contributed by atoms with E-state index in [1.165, 1.54) is 0 Å². The van der Waals surface area contributed by atoms with Gasteiger partial charge in [0.25, 0.3) is 0 Å². The van der Waals surface area contributed by atoms with Crippen LogP contribution in [0.15, 0.2) is 0 Å². The summed E-state index contributed by atoms with van der Waals surface area (Å²) in [4.78, 5) is 44.5. The number of amides is 1. The van der Waals surface area contributed by atoms with Crippen LogP contribution < -0.4 is 16.8 Å². The molecule has 0 saturated heterocycles. The van der Waals surface area contributed by atoms with Gasteiger partial charge in [0, 0.05) is 13.1 Å². The van der Waals surface area contributed by atoms with Crippen LogP contribution in [0.4, 0.5) is 0 Å². The number of aliphatic hydroxyl groups is 1. The first-order valence-corrected chi connectivity index (χ1v) is 6.69. The fraction of sp³-hybridized carbons (Fsp3) is 0.667. The quantitative estimate of drug-likeness (QED) is 0.211. The lowest BCUT2D eigenvalue weighted by Gasteiger charge is -2.22. The highest BCUT2D eigenvalue weighted by Gasteiger charge is 2.41. The van der Waals surface area contributed by atoms with Crippen molar-refractivity contribution in [2.75, 3.05) is 19.7 Å². The van der Waals surface area contributed by atoms with E-state index in [0.29, 0.717) is 0 Å². The number of nitrogens with one attached hydrogen (secondary N) is 1. The van der Waals surface area contributed by atoms with Crippen LogP contribution in [0.3, 0.4) is 0 Å². The van der Waals surface area contributed by atoms with Crippen molar-refractivity contribution in [3.63, 3.8) is 0 Å². The van der Waals surface area contributed by atoms with E-state index >= 15 is 0 Å². The fourth-order valence-electron chi connectivity index (χ4n) is 1.49. The van der Waals surface area contributed by atoms with Crippen LogP contribution in [0.1, 0.15) is 19.3 Å². The first kappa shape index (κ1) is 20.8. The van der Waals surface area contributed by atoms with Gasteiger partial charge in [0.15, 0.2) is 5.60 Å². The van der Waals surface area contributed by atoms with E-state index in [-0.39, 0.29) is 26.1 Å². The van der Waals surface area contributed by atoms with Crippen molar-refractivity contribution in [3.8, 4) is 0 Å². The van der Waals surface area contributed by atoms with Crippen molar-refractivity contribution in [2.45, 2.75) is 30.9 Å². The molecule has 132 valence electrons. The molecule has 1 unspecified atom stereocenters. The molecule has 0 aromatic rings. The second-order valence-electron chi connectivity index (χ2n) is 4.78. The monoisotopic (exact) mass is 335 g/mol. The van der Waals surface area contributed by atoms with Crippen LogP contribution in [0.2, 0.25) is 0 Å². The number of aliphatic carboxylic acids is 2. The van der Waals surface area contributed by atoms with Gasteiger partial charge in [0.2, 0.25) is 5.91 Å². The summed E-state index contributed by atoms with van der Waals surface area (Å²) >= 11 is 0. The average Bonchev–Trinajstić information content (AvgIpc) is 2.44. The molecule has 0 aliphatic heterocycles. The van der Waals surface area contributed by atoms with Crippen molar-refractivity contribution < 1.29 is 39.2 Å². The molecule has 2 atom stereocenters. The summed E-state index contributed by atoms with van der Waals surface area (Å²) in [5.41, 5.74) is 7.70. The summed E-state index contributed by atoms with van der Waals surface area (Å²) in [5, 5.41) is 29.7. The van der Waals surface area contributed by atoms with Crippen LogP contribution in [0.5, 0.6) is 0 Å². The maximum atomic E-state index is 11.6. The summed E-state index contributed by atoms with van der Waals surface area (Å²) in [7, 11) is 0. The van der Waals surface area contributed by atoms with Gasteiger partial charge in [0.1, 0.15) is 12.6 Å². The van der Waals surface area contributed by atoms with Gasteiger partial charge in [-0.05, 0) is 6.42 Å². The Morgan fingerprint density at radius 3 is 2.26 bits per heavy atom. The third kappa shape index (κ3) is 8.09. The topological polar surface area (TPSA) is 202 Å². The van der Waals surface area contributed by atoms with E-state index in [2.05, 4.69) is 10.1 Å². The van der Waals surface area contributed by atoms with Gasteiger partial charge in [-0.2, -0.15) is 0 Å². The second-order valence-corrected chi connectivity index (χ2v) is 4.78. The first-order chi connectivity index (χ1) is 10.6. The first-order valence-electron chi connectivity index (χ1n) is 6.69. The Hall–Kier alpha value is -2.24. The molecule has 8 N–H and O–H groups in total. The summed E-state index contributed by atoms with van der Waals surface area (Å²) < 4.78 is 4.56. The fourth-order valence-corrected chi connectivity index (χ4v) is 1.49. The van der Waals surface area contributed by atoms with Crippen molar-refractivity contribution >= 4 is 23.8 Å². The Morgan fingerprint density at radius 2 is 1.78 bits per heavy atom. The highest BCUT2D eigenvalue weighted by molar-refractivity contribution is 5.90. The lowest BCUT2D eigenvalue weighted by atomic mass is 9.95. The van der Waals surface area contributed by atoms with Crippen LogP contribution in [0.25, 0.3) is 0 Å². The molecule has 0 radical (unpaired) electrons. The zero-order chi connectivity index (χ0) is 18.0. The number of carboxylic acid groups (broad SMARTS) is 2. The maximum absolute atomic E-state index is 11.6. The summed E-state index contributed by atoms with van der Waals surface area (Å²) in [5.74, 6) is -4.90. The summed E-state index contributed by atoms with van der Waals surface area (Å²) in [6.07, 6.45) is -1.90. The van der Waals surface area contributed by atoms with Gasteiger partial charge in [-0.15, -0.1) is 0 Å². The number of nitrogens with two attached hydrogens (primary N) is 2. The SMILES string of the molecule is NCCOC(=O)CC(O)(CC(=O)NCC[C@H](N)C(=O)O)C(=O)O. The maximum Gasteiger partial charge on any atom is 0.336 e. The molecule has 0 fully saturated rings. The molecule has 0 aliphatic carbocycles. The molecule has 11 nitrogen and oxygen atoms in total. The van der Waals surface area contributed by atoms with Crippen LogP contribution in [0, 0.1) is 0 Å². The number of carbonyl (C=O) groups excluding carboxylic acids is 2. The van der Waals surface area contributed by atoms with E-state index in [1.54, 1.807) is 0 Å². The predicted octanol–water partition coefficient (Wildman–Crippen LogP) is -3.00. The highest BCUT2D eigenvalue weighted by Crippen LogP contribution is 2.17. The minimum atomic E-state index is -2.63. The Labute approximate surface area is 131 Å². The standard InChI is InChI=1S/C12H21N3O8/c13-2-4-23-9(17)6-12(22,11(20)21)5-8(16)15-3-1-7(14)10(18)19/h7,22H,1-6,13-14H2,(H,15,16)(H,18,19)(H,20,21)/t7-,12?/m0/s1. The third-order valence-electron chi connectivity index (χ3n) is 2.76. The Morgan fingerprint density at radius 1 is 1.17 bits per heavy atom. The van der Waals surface area contributed by atoms with Crippen LogP contribution >= 0.6 is 0 Å². The molecular formula is C12H21N3O8. The van der Waals surface area contributed by atoms with Crippen molar-refractivity contribution in [1.82, 2.24) is 5.32 Å². The molecule has 0 heterocycles. The van der Waals surface area contributed by atoms with E-state index in [0.717, 1.165) is 0 Å². The largest absolute Gasteiger partial charge is 0.480 e. The number of carboxylic acids is 2. The molecule has 11 heteroatoms. The summed E-state index contributed by atoms with van der Waals surface area (Å²) in [6.45, 7) is -0.241. The smallest absolute Gasteiger partial charge is 0.336 e. The molecule has 0 aromatic heterocycles. The van der Waals surface area contributed by atoms with Crippen molar-refractivity contribution in [2.24, 2.45) is 11.5 Å². The number of rotatable bonds is 11. The van der Waals surface area contributed by atoms with Gasteiger partial charge >= 0.3 is 17.9 Å². The summed E-state index contributed by atoms with van der Waals surface area (Å²) in [6, 6.07) is -1.18. The number of hydrogen-bond acceptors (Lipinski definition) is 8. The van der Waals surface area contributed by atoms with E-state index in [9.17, 15) is 24.3 Å². The molecule has 0 aromatic carbocycles. The van der Waals surface area contributed by atoms with Crippen LogP contribution in [-0.2, 0) is 23.9 Å². The van der Waals surface area contributed by atoms with E-state index < -0.39 is 48.3 Å². The van der Waals surface area contributed by atoms with Gasteiger partial charge in [-0.3, -0.25) is 14.4 Å².